The molecule has 0 aliphatic rings. The van der Waals surface area contributed by atoms with Crippen molar-refractivity contribution in [3.05, 3.63) is 30.3 Å². The average molecular weight is 195 g/mol. The first-order valence-electron chi connectivity index (χ1n) is 2.97. The second-order valence-corrected chi connectivity index (χ2v) is 3.36. The van der Waals surface area contributed by atoms with Gasteiger partial charge in [0, 0.05) is 0 Å². The van der Waals surface area contributed by atoms with Crippen LogP contribution in [0, 0.1) is 0 Å². The van der Waals surface area contributed by atoms with Gasteiger partial charge >= 0.3 is 0 Å². The van der Waals surface area contributed by atoms with Crippen molar-refractivity contribution >= 4 is 39.5 Å². The molecule has 0 bridgehead atoms. The molecule has 10 heavy (non-hydrogen) atoms. The normalized spacial score (nSPS) is 8.50. The first-order chi connectivity index (χ1) is 3.93. The Morgan fingerprint density at radius 1 is 1.00 bits per heavy atom. The number of halogens is 2. The monoisotopic (exact) mass is 194 g/mol. The molecule has 0 aromatic heterocycles. The summed E-state index contributed by atoms with van der Waals surface area (Å²) in [4.78, 5) is 0. The van der Waals surface area contributed by atoms with E-state index >= 15 is 0 Å². The number of hydrogen-bond donors (Lipinski definition) is 0. The van der Waals surface area contributed by atoms with E-state index in [-0.39, 0.29) is 34.3 Å². The van der Waals surface area contributed by atoms with Gasteiger partial charge in [0.25, 0.3) is 0 Å². The lowest BCUT2D eigenvalue weighted by molar-refractivity contribution is 1.77. The lowest BCUT2D eigenvalue weighted by Crippen LogP contribution is -2.07. The van der Waals surface area contributed by atoms with Crippen molar-refractivity contribution in [2.75, 3.05) is 0 Å². The third-order valence-corrected chi connectivity index (χ3v) is 2.54. The number of rotatable bonds is 1. The van der Waals surface area contributed by atoms with E-state index < -0.39 is 0 Å². The van der Waals surface area contributed by atoms with E-state index in [2.05, 4.69) is 36.9 Å². The zero-order valence-corrected chi connectivity index (χ0v) is 8.96. The molecule has 0 unspecified atom stereocenters. The third kappa shape index (κ3) is 3.93. The minimum Gasteiger partial charge on any atom is -0.147 e. The molecule has 1 aromatic rings. The molecule has 0 N–H and O–H groups in total. The van der Waals surface area contributed by atoms with Gasteiger partial charge in [-0.3, -0.25) is 0 Å². The van der Waals surface area contributed by atoms with E-state index in [0.717, 1.165) is 0 Å². The SMILES string of the molecule is C[SiH2]c1ccccc1.Cl.Cl. The summed E-state index contributed by atoms with van der Waals surface area (Å²) >= 11 is 0. The molecule has 1 rings (SSSR count). The van der Waals surface area contributed by atoms with Gasteiger partial charge in [-0.05, 0) is 0 Å². The number of benzene rings is 1. The highest BCUT2D eigenvalue weighted by atomic mass is 35.5. The largest absolute Gasteiger partial charge is 0.147 e. The van der Waals surface area contributed by atoms with Crippen molar-refractivity contribution < 1.29 is 0 Å². The molecular formula is C7H12Cl2Si. The molecule has 0 fully saturated rings. The Morgan fingerprint density at radius 3 is 1.80 bits per heavy atom. The van der Waals surface area contributed by atoms with E-state index in [1.807, 2.05) is 0 Å². The van der Waals surface area contributed by atoms with Crippen molar-refractivity contribution in [1.82, 2.24) is 0 Å². The summed E-state index contributed by atoms with van der Waals surface area (Å²) < 4.78 is 0. The van der Waals surface area contributed by atoms with Crippen LogP contribution in [0.25, 0.3) is 0 Å². The first kappa shape index (κ1) is 12.7. The fourth-order valence-electron chi connectivity index (χ4n) is 0.714. The van der Waals surface area contributed by atoms with Gasteiger partial charge in [0.1, 0.15) is 0 Å². The van der Waals surface area contributed by atoms with E-state index in [1.54, 1.807) is 5.19 Å². The maximum absolute atomic E-state index is 2.30. The van der Waals surface area contributed by atoms with E-state index in [4.69, 9.17) is 0 Å². The van der Waals surface area contributed by atoms with Gasteiger partial charge in [-0.1, -0.05) is 42.1 Å². The summed E-state index contributed by atoms with van der Waals surface area (Å²) in [5.41, 5.74) is 0. The van der Waals surface area contributed by atoms with Crippen LogP contribution in [0.5, 0.6) is 0 Å². The van der Waals surface area contributed by atoms with Crippen molar-refractivity contribution in [3.63, 3.8) is 0 Å². The average Bonchev–Trinajstić information content (AvgIpc) is 1.90. The smallest absolute Gasteiger partial charge is 0.0516 e. The van der Waals surface area contributed by atoms with Crippen LogP contribution in [0.2, 0.25) is 6.55 Å². The lowest BCUT2D eigenvalue weighted by atomic mass is 10.4. The minimum atomic E-state index is 0. The van der Waals surface area contributed by atoms with Crippen molar-refractivity contribution in [1.29, 1.82) is 0 Å². The summed E-state index contributed by atoms with van der Waals surface area (Å²) in [6, 6.07) is 10.7. The fraction of sp³-hybridized carbons (Fsp3) is 0.143. The standard InChI is InChI=1S/C7H10Si.2ClH/c1-8-7-5-3-2-4-6-7;;/h2-6H,8H2,1H3;2*1H. The number of hydrogen-bond acceptors (Lipinski definition) is 0. The Labute approximate surface area is 76.7 Å². The molecule has 1 aromatic carbocycles. The summed E-state index contributed by atoms with van der Waals surface area (Å²) in [7, 11) is 0.0913. The topological polar surface area (TPSA) is 0 Å². The highest BCUT2D eigenvalue weighted by Crippen LogP contribution is 1.79. The molecule has 0 aliphatic carbocycles. The molecule has 0 radical (unpaired) electrons. The molecule has 58 valence electrons. The van der Waals surface area contributed by atoms with Gasteiger partial charge in [-0.2, -0.15) is 0 Å². The Balaban J connectivity index is 0. The van der Waals surface area contributed by atoms with Crippen LogP contribution in [-0.4, -0.2) is 9.52 Å². The minimum absolute atomic E-state index is 0. The van der Waals surface area contributed by atoms with Crippen molar-refractivity contribution in [2.24, 2.45) is 0 Å². The molecule has 0 heterocycles. The molecule has 0 saturated carbocycles. The van der Waals surface area contributed by atoms with E-state index in [9.17, 15) is 0 Å². The second kappa shape index (κ2) is 7.13. The van der Waals surface area contributed by atoms with Gasteiger partial charge in [0.05, 0.1) is 9.52 Å². The molecule has 0 atom stereocenters. The van der Waals surface area contributed by atoms with Gasteiger partial charge in [-0.25, -0.2) is 0 Å². The Morgan fingerprint density at radius 2 is 1.50 bits per heavy atom. The summed E-state index contributed by atoms with van der Waals surface area (Å²) in [6.07, 6.45) is 0. The lowest BCUT2D eigenvalue weighted by Gasteiger charge is -1.89. The molecule has 0 spiro atoms. The zero-order valence-electron chi connectivity index (χ0n) is 5.91. The first-order valence-corrected chi connectivity index (χ1v) is 5.09. The quantitative estimate of drug-likeness (QED) is 0.594. The van der Waals surface area contributed by atoms with Crippen LogP contribution in [0.4, 0.5) is 0 Å². The second-order valence-electron chi connectivity index (χ2n) is 1.84. The van der Waals surface area contributed by atoms with Crippen molar-refractivity contribution in [2.45, 2.75) is 6.55 Å². The van der Waals surface area contributed by atoms with Crippen LogP contribution in [0.15, 0.2) is 30.3 Å². The fourth-order valence-corrected chi connectivity index (χ4v) is 1.46. The van der Waals surface area contributed by atoms with E-state index in [1.165, 1.54) is 0 Å². The molecule has 0 saturated heterocycles. The van der Waals surface area contributed by atoms with Crippen molar-refractivity contribution in [3.8, 4) is 0 Å². The van der Waals surface area contributed by atoms with Crippen LogP contribution in [-0.2, 0) is 0 Å². The Hall–Kier alpha value is 0.0169. The van der Waals surface area contributed by atoms with Crippen LogP contribution < -0.4 is 5.19 Å². The maximum Gasteiger partial charge on any atom is 0.0516 e. The maximum atomic E-state index is 2.30. The third-order valence-electron chi connectivity index (χ3n) is 1.25. The Bertz CT molecular complexity index is 153. The Kier molecular flexibility index (Phi) is 9.03. The predicted octanol–water partition coefficient (Wildman–Crippen LogP) is 1.37. The highest BCUT2D eigenvalue weighted by molar-refractivity contribution is 6.51. The molecule has 0 amide bonds. The zero-order chi connectivity index (χ0) is 5.82. The van der Waals surface area contributed by atoms with Crippen LogP contribution in [0.1, 0.15) is 0 Å². The molecule has 3 heteroatoms. The summed E-state index contributed by atoms with van der Waals surface area (Å²) in [6.45, 7) is 2.30. The predicted molar refractivity (Wildman–Crippen MR) is 55.0 cm³/mol. The van der Waals surface area contributed by atoms with Crippen LogP contribution in [0.3, 0.4) is 0 Å². The van der Waals surface area contributed by atoms with Crippen LogP contribution >= 0.6 is 24.8 Å². The van der Waals surface area contributed by atoms with Gasteiger partial charge in [0.15, 0.2) is 0 Å². The molecule has 0 nitrogen and oxygen atoms in total. The summed E-state index contributed by atoms with van der Waals surface area (Å²) in [5, 5.41) is 1.55. The van der Waals surface area contributed by atoms with Gasteiger partial charge < -0.3 is 0 Å². The highest BCUT2D eigenvalue weighted by Gasteiger charge is 1.80. The summed E-state index contributed by atoms with van der Waals surface area (Å²) in [5.74, 6) is 0. The van der Waals surface area contributed by atoms with E-state index in [0.29, 0.717) is 0 Å². The molecule has 0 aliphatic heterocycles. The molecular weight excluding hydrogens is 183 g/mol. The van der Waals surface area contributed by atoms with Gasteiger partial charge in [0.2, 0.25) is 0 Å². The van der Waals surface area contributed by atoms with Gasteiger partial charge in [-0.15, -0.1) is 24.8 Å².